The van der Waals surface area contributed by atoms with E-state index in [2.05, 4.69) is 24.2 Å². The Morgan fingerprint density at radius 1 is 1.24 bits per heavy atom. The number of carbonyl (C=O) groups excluding carboxylic acids is 1. The van der Waals surface area contributed by atoms with Gasteiger partial charge in [0.15, 0.2) is 6.29 Å². The first-order valence-corrected chi connectivity index (χ1v) is 6.64. The number of hydrogen-bond acceptors (Lipinski definition) is 3. The Hall–Kier alpha value is -1.19. The van der Waals surface area contributed by atoms with E-state index in [9.17, 15) is 4.79 Å². The molecule has 0 aromatic carbocycles. The normalized spacial score (nSPS) is 18.3. The van der Waals surface area contributed by atoms with Crippen LogP contribution in [0.4, 0.5) is 0 Å². The van der Waals surface area contributed by atoms with Gasteiger partial charge in [0.05, 0.1) is 11.7 Å². The van der Waals surface area contributed by atoms with Gasteiger partial charge in [0.2, 0.25) is 0 Å². The minimum Gasteiger partial charge on any atom is -0.296 e. The third-order valence-electron chi connectivity index (χ3n) is 3.59. The molecule has 1 heterocycles. The molecule has 0 atom stereocenters. The van der Waals surface area contributed by atoms with Gasteiger partial charge in [0, 0.05) is 0 Å². The third-order valence-corrected chi connectivity index (χ3v) is 3.59. The van der Waals surface area contributed by atoms with Crippen molar-refractivity contribution in [3.8, 4) is 0 Å². The molecule has 1 aliphatic carbocycles. The van der Waals surface area contributed by atoms with Crippen LogP contribution in [-0.4, -0.2) is 21.3 Å². The van der Waals surface area contributed by atoms with Crippen molar-refractivity contribution in [3.05, 3.63) is 11.4 Å². The predicted molar refractivity (Wildman–Crippen MR) is 66.2 cm³/mol. The largest absolute Gasteiger partial charge is 0.296 e. The Bertz CT molecular complexity index is 376. The molecular weight excluding hydrogens is 214 g/mol. The average molecular weight is 235 g/mol. The lowest BCUT2D eigenvalue weighted by atomic mass is 10.0. The molecular formula is C13H21N3O. The highest BCUT2D eigenvalue weighted by Gasteiger charge is 2.22. The van der Waals surface area contributed by atoms with Gasteiger partial charge in [-0.3, -0.25) is 4.79 Å². The molecule has 0 saturated heterocycles. The molecule has 1 fully saturated rings. The average Bonchev–Trinajstić information content (AvgIpc) is 2.56. The van der Waals surface area contributed by atoms with Crippen molar-refractivity contribution in [2.75, 3.05) is 0 Å². The lowest BCUT2D eigenvalue weighted by molar-refractivity contribution is 0.111. The molecule has 0 spiro atoms. The molecule has 0 bridgehead atoms. The topological polar surface area (TPSA) is 47.8 Å². The summed E-state index contributed by atoms with van der Waals surface area (Å²) in [6.07, 6.45) is 8.33. The molecule has 1 aromatic rings. The molecule has 0 radical (unpaired) electrons. The second kappa shape index (κ2) is 5.43. The first-order chi connectivity index (χ1) is 8.24. The first-order valence-electron chi connectivity index (χ1n) is 6.64. The zero-order valence-electron chi connectivity index (χ0n) is 10.7. The fourth-order valence-electron chi connectivity index (χ4n) is 2.73. The monoisotopic (exact) mass is 235 g/mol. The summed E-state index contributed by atoms with van der Waals surface area (Å²) in [7, 11) is 0. The summed E-state index contributed by atoms with van der Waals surface area (Å²) in [5.41, 5.74) is 1.52. The maximum Gasteiger partial charge on any atom is 0.172 e. The molecule has 0 aliphatic heterocycles. The summed E-state index contributed by atoms with van der Waals surface area (Å²) in [6, 6.07) is 0.441. The third kappa shape index (κ3) is 2.56. The molecule has 0 unspecified atom stereocenters. The van der Waals surface area contributed by atoms with Crippen molar-refractivity contribution in [1.29, 1.82) is 0 Å². The molecule has 17 heavy (non-hydrogen) atoms. The van der Waals surface area contributed by atoms with E-state index in [4.69, 9.17) is 0 Å². The number of aldehydes is 1. The Morgan fingerprint density at radius 2 is 1.88 bits per heavy atom. The molecule has 1 aromatic heterocycles. The molecule has 1 saturated carbocycles. The summed E-state index contributed by atoms with van der Waals surface area (Å²) in [6.45, 7) is 4.19. The Kier molecular flexibility index (Phi) is 3.92. The van der Waals surface area contributed by atoms with Crippen molar-refractivity contribution in [2.45, 2.75) is 64.3 Å². The van der Waals surface area contributed by atoms with Crippen LogP contribution in [0.2, 0.25) is 0 Å². The van der Waals surface area contributed by atoms with E-state index in [1.165, 1.54) is 38.5 Å². The number of carbonyl (C=O) groups is 1. The van der Waals surface area contributed by atoms with E-state index >= 15 is 0 Å². The number of nitrogens with zero attached hydrogens (tertiary/aromatic N) is 3. The van der Waals surface area contributed by atoms with Gasteiger partial charge in [-0.05, 0) is 18.8 Å². The standard InChI is InChI=1S/C13H21N3O/c1-10(2)13-12(9-17)14-15-16(13)11-7-5-3-4-6-8-11/h9-11H,3-8H2,1-2H3. The first kappa shape index (κ1) is 12.3. The summed E-state index contributed by atoms with van der Waals surface area (Å²) >= 11 is 0. The van der Waals surface area contributed by atoms with Crippen LogP contribution in [0.1, 0.15) is 80.5 Å². The van der Waals surface area contributed by atoms with Gasteiger partial charge in [-0.25, -0.2) is 4.68 Å². The Morgan fingerprint density at radius 3 is 2.41 bits per heavy atom. The van der Waals surface area contributed by atoms with Crippen LogP contribution in [0.3, 0.4) is 0 Å². The van der Waals surface area contributed by atoms with Crippen molar-refractivity contribution in [1.82, 2.24) is 15.0 Å². The molecule has 1 aliphatic rings. The summed E-state index contributed by atoms with van der Waals surface area (Å²) in [5, 5.41) is 8.22. The number of rotatable bonds is 3. The lowest BCUT2D eigenvalue weighted by Crippen LogP contribution is -2.14. The molecule has 4 nitrogen and oxygen atoms in total. The van der Waals surface area contributed by atoms with Gasteiger partial charge >= 0.3 is 0 Å². The number of aromatic nitrogens is 3. The molecule has 0 amide bonds. The minimum atomic E-state index is 0.299. The molecule has 94 valence electrons. The van der Waals surface area contributed by atoms with Crippen LogP contribution in [0.5, 0.6) is 0 Å². The van der Waals surface area contributed by atoms with Crippen LogP contribution < -0.4 is 0 Å². The number of hydrogen-bond donors (Lipinski definition) is 0. The van der Waals surface area contributed by atoms with Crippen molar-refractivity contribution < 1.29 is 4.79 Å². The minimum absolute atomic E-state index is 0.299. The van der Waals surface area contributed by atoms with Gasteiger partial charge in [-0.1, -0.05) is 44.7 Å². The fourth-order valence-corrected chi connectivity index (χ4v) is 2.73. The second-order valence-corrected chi connectivity index (χ2v) is 5.22. The fraction of sp³-hybridized carbons (Fsp3) is 0.769. The van der Waals surface area contributed by atoms with Crippen molar-refractivity contribution in [3.63, 3.8) is 0 Å². The zero-order valence-corrected chi connectivity index (χ0v) is 10.7. The molecule has 0 N–H and O–H groups in total. The highest BCUT2D eigenvalue weighted by molar-refractivity contribution is 5.73. The van der Waals surface area contributed by atoms with E-state index < -0.39 is 0 Å². The van der Waals surface area contributed by atoms with E-state index in [0.29, 0.717) is 17.7 Å². The Labute approximate surface area is 102 Å². The van der Waals surface area contributed by atoms with Crippen LogP contribution in [0.15, 0.2) is 0 Å². The molecule has 4 heteroatoms. The van der Waals surface area contributed by atoms with Crippen molar-refractivity contribution in [2.24, 2.45) is 0 Å². The summed E-state index contributed by atoms with van der Waals surface area (Å²) < 4.78 is 2.01. The van der Waals surface area contributed by atoms with Gasteiger partial charge in [0.25, 0.3) is 0 Å². The SMILES string of the molecule is CC(C)c1c(C=O)nnn1C1CCCCCC1. The Balaban J connectivity index is 2.29. The van der Waals surface area contributed by atoms with E-state index in [-0.39, 0.29) is 0 Å². The highest BCUT2D eigenvalue weighted by Crippen LogP contribution is 2.30. The molecule has 2 rings (SSSR count). The zero-order chi connectivity index (χ0) is 12.3. The van der Waals surface area contributed by atoms with Crippen LogP contribution >= 0.6 is 0 Å². The van der Waals surface area contributed by atoms with E-state index in [1.54, 1.807) is 0 Å². The lowest BCUT2D eigenvalue weighted by Gasteiger charge is -2.18. The van der Waals surface area contributed by atoms with Gasteiger partial charge in [0.1, 0.15) is 5.69 Å². The van der Waals surface area contributed by atoms with E-state index in [0.717, 1.165) is 12.0 Å². The van der Waals surface area contributed by atoms with Gasteiger partial charge < -0.3 is 0 Å². The van der Waals surface area contributed by atoms with Gasteiger partial charge in [-0.2, -0.15) is 0 Å². The summed E-state index contributed by atoms with van der Waals surface area (Å²) in [4.78, 5) is 11.0. The smallest absolute Gasteiger partial charge is 0.172 e. The predicted octanol–water partition coefficient (Wildman–Crippen LogP) is 3.11. The summed E-state index contributed by atoms with van der Waals surface area (Å²) in [5.74, 6) is 0.299. The van der Waals surface area contributed by atoms with Crippen molar-refractivity contribution >= 4 is 6.29 Å². The van der Waals surface area contributed by atoms with Crippen LogP contribution in [0.25, 0.3) is 0 Å². The van der Waals surface area contributed by atoms with Gasteiger partial charge in [-0.15, -0.1) is 5.10 Å². The highest BCUT2D eigenvalue weighted by atomic mass is 16.1. The second-order valence-electron chi connectivity index (χ2n) is 5.22. The van der Waals surface area contributed by atoms with Crippen LogP contribution in [0, 0.1) is 0 Å². The maximum atomic E-state index is 11.0. The van der Waals surface area contributed by atoms with E-state index in [1.807, 2.05) is 4.68 Å². The maximum absolute atomic E-state index is 11.0. The van der Waals surface area contributed by atoms with Crippen LogP contribution in [-0.2, 0) is 0 Å². The quantitative estimate of drug-likeness (QED) is 0.597.